The smallest absolute Gasteiger partial charge is 0.235 e. The summed E-state index contributed by atoms with van der Waals surface area (Å²) in [6, 6.07) is 40.7. The first kappa shape index (κ1) is 24.8. The van der Waals surface area contributed by atoms with E-state index in [-0.39, 0.29) is 12.1 Å². The first-order valence-corrected chi connectivity index (χ1v) is 16.9. The standard InChI is InChI=1S/C42H28N3S/c1-2-11-26(12-3-1)43-34-17-7-8-18-35(34)45-36-23-22-30-28-13-4-6-16-33(28)44(42(30)40(36)31-15-10-19-37(43)41(31)45)27-21-24-39-32(25-27)29-14-5-9-20-38(29)46-39/h1-24,27,35H,25H2/q+1. The van der Waals surface area contributed by atoms with Crippen LogP contribution in [0.3, 0.4) is 0 Å². The Bertz CT molecular complexity index is 2730. The number of allylic oxidation sites excluding steroid dienone is 5. The van der Waals surface area contributed by atoms with Crippen LogP contribution in [-0.4, -0.2) is 14.8 Å². The Morgan fingerprint density at radius 3 is 2.37 bits per heavy atom. The number of thiophene rings is 1. The summed E-state index contributed by atoms with van der Waals surface area (Å²) in [4.78, 5) is 1.40. The zero-order valence-corrected chi connectivity index (χ0v) is 25.8. The third-order valence-corrected chi connectivity index (χ3v) is 11.5. The molecule has 0 saturated heterocycles. The van der Waals surface area contributed by atoms with Gasteiger partial charge >= 0.3 is 0 Å². The van der Waals surface area contributed by atoms with Gasteiger partial charge in [0, 0.05) is 60.9 Å². The molecule has 3 aromatic heterocycles. The molecule has 3 aliphatic rings. The highest BCUT2D eigenvalue weighted by atomic mass is 32.1. The van der Waals surface area contributed by atoms with Crippen molar-refractivity contribution in [3.8, 4) is 0 Å². The first-order chi connectivity index (χ1) is 22.8. The van der Waals surface area contributed by atoms with Gasteiger partial charge in [0.15, 0.2) is 0 Å². The van der Waals surface area contributed by atoms with Gasteiger partial charge in [-0.15, -0.1) is 11.3 Å². The molecular weight excluding hydrogens is 579 g/mol. The quantitative estimate of drug-likeness (QED) is 0.174. The van der Waals surface area contributed by atoms with Crippen LogP contribution in [0.1, 0.15) is 22.5 Å². The maximum Gasteiger partial charge on any atom is 0.235 e. The van der Waals surface area contributed by atoms with E-state index in [1.165, 1.54) is 81.2 Å². The van der Waals surface area contributed by atoms with Gasteiger partial charge in [0.2, 0.25) is 17.1 Å². The Balaban J connectivity index is 1.25. The number of aromatic nitrogens is 2. The molecule has 0 saturated carbocycles. The van der Waals surface area contributed by atoms with Crippen LogP contribution < -0.4 is 4.58 Å². The van der Waals surface area contributed by atoms with Gasteiger partial charge in [-0.25, -0.2) is 0 Å². The fourth-order valence-corrected chi connectivity index (χ4v) is 9.68. The van der Waals surface area contributed by atoms with E-state index < -0.39 is 0 Å². The summed E-state index contributed by atoms with van der Waals surface area (Å²) < 4.78 is 9.09. The van der Waals surface area contributed by atoms with Gasteiger partial charge in [0.25, 0.3) is 0 Å². The fraction of sp³-hybridized carbons (Fsp3) is 0.0714. The topological polar surface area (TPSA) is 12.9 Å². The molecule has 2 atom stereocenters. The highest BCUT2D eigenvalue weighted by Gasteiger charge is 2.38. The van der Waals surface area contributed by atoms with Crippen molar-refractivity contribution >= 4 is 88.2 Å². The number of fused-ring (bicyclic) bond motifs is 12. The molecule has 0 N–H and O–H groups in total. The van der Waals surface area contributed by atoms with Crippen molar-refractivity contribution in [2.75, 3.05) is 0 Å². The van der Waals surface area contributed by atoms with Crippen molar-refractivity contribution in [3.63, 3.8) is 0 Å². The number of benzene rings is 5. The van der Waals surface area contributed by atoms with Gasteiger partial charge in [0.1, 0.15) is 11.6 Å². The molecule has 0 fully saturated rings. The van der Waals surface area contributed by atoms with Crippen LogP contribution in [0, 0.1) is 0 Å². The first-order valence-electron chi connectivity index (χ1n) is 16.1. The maximum atomic E-state index is 2.66. The van der Waals surface area contributed by atoms with E-state index in [1.807, 2.05) is 11.3 Å². The molecule has 0 spiro atoms. The molecule has 4 heteroatoms. The summed E-state index contributed by atoms with van der Waals surface area (Å²) in [6.45, 7) is 0. The molecule has 2 unspecified atom stereocenters. The third kappa shape index (κ3) is 3.14. The second-order valence-corrected chi connectivity index (χ2v) is 13.7. The predicted octanol–water partition coefficient (Wildman–Crippen LogP) is 10.9. The number of nitrogens with zero attached hydrogens (tertiary/aromatic N) is 3. The predicted molar refractivity (Wildman–Crippen MR) is 196 cm³/mol. The van der Waals surface area contributed by atoms with Gasteiger partial charge in [-0.1, -0.05) is 97.1 Å². The molecule has 11 rings (SSSR count). The van der Waals surface area contributed by atoms with Crippen LogP contribution in [0.4, 0.5) is 11.4 Å². The molecule has 4 heterocycles. The van der Waals surface area contributed by atoms with Gasteiger partial charge in [-0.05, 0) is 41.6 Å². The van der Waals surface area contributed by atoms with Crippen LogP contribution in [-0.2, 0) is 6.42 Å². The van der Waals surface area contributed by atoms with E-state index in [0.29, 0.717) is 0 Å². The van der Waals surface area contributed by atoms with Gasteiger partial charge in [-0.3, -0.25) is 0 Å². The van der Waals surface area contributed by atoms with Crippen LogP contribution in [0.5, 0.6) is 0 Å². The van der Waals surface area contributed by atoms with E-state index in [0.717, 1.165) is 6.42 Å². The van der Waals surface area contributed by atoms with Crippen molar-refractivity contribution in [1.82, 2.24) is 13.7 Å². The average molecular weight is 607 g/mol. The maximum absolute atomic E-state index is 2.66. The second-order valence-electron chi connectivity index (χ2n) is 12.6. The average Bonchev–Trinajstić information content (AvgIpc) is 3.77. The molecule has 2 aliphatic carbocycles. The summed E-state index contributed by atoms with van der Waals surface area (Å²) >= 11 is 1.92. The summed E-state index contributed by atoms with van der Waals surface area (Å²) in [5, 5.41) is 6.70. The highest BCUT2D eigenvalue weighted by molar-refractivity contribution is 7.20. The second kappa shape index (κ2) is 9.06. The van der Waals surface area contributed by atoms with Crippen molar-refractivity contribution in [2.45, 2.75) is 18.5 Å². The lowest BCUT2D eigenvalue weighted by Crippen LogP contribution is -2.30. The number of para-hydroxylation sites is 3. The van der Waals surface area contributed by atoms with E-state index in [1.54, 1.807) is 0 Å². The molecule has 0 radical (unpaired) electrons. The van der Waals surface area contributed by atoms with Crippen LogP contribution in [0.2, 0.25) is 0 Å². The zero-order valence-electron chi connectivity index (χ0n) is 25.0. The van der Waals surface area contributed by atoms with E-state index >= 15 is 0 Å². The largest absolute Gasteiger partial charge is 0.333 e. The number of hydrogen-bond acceptors (Lipinski definition) is 1. The molecule has 3 nitrogen and oxygen atoms in total. The summed E-state index contributed by atoms with van der Waals surface area (Å²) in [6.07, 6.45) is 14.8. The van der Waals surface area contributed by atoms with Crippen molar-refractivity contribution in [1.29, 1.82) is 0 Å². The fourth-order valence-electron chi connectivity index (χ4n) is 8.53. The number of rotatable bonds is 2. The Labute approximate surface area is 269 Å². The molecule has 216 valence electrons. The lowest BCUT2D eigenvalue weighted by Gasteiger charge is -2.24. The van der Waals surface area contributed by atoms with E-state index in [9.17, 15) is 0 Å². The Morgan fingerprint density at radius 2 is 1.43 bits per heavy atom. The minimum atomic E-state index is 0.102. The molecule has 46 heavy (non-hydrogen) atoms. The molecule has 8 aromatic rings. The Hall–Kier alpha value is -5.45. The molecule has 0 bridgehead atoms. The SMILES string of the molecule is C1=CC2=[N+](c3ccccc3)c3cccc4c5c6c(ccc5n(c34)C2C=C1)c1ccccc1n6C1C=Cc2sc3ccccc3c2C1. The molecule has 1 aliphatic heterocycles. The van der Waals surface area contributed by atoms with Crippen molar-refractivity contribution in [3.05, 3.63) is 150 Å². The Morgan fingerprint density at radius 1 is 0.609 bits per heavy atom. The van der Waals surface area contributed by atoms with Crippen molar-refractivity contribution < 1.29 is 0 Å². The summed E-state index contributed by atoms with van der Waals surface area (Å²) in [7, 11) is 0. The van der Waals surface area contributed by atoms with E-state index in [4.69, 9.17) is 0 Å². The lowest BCUT2D eigenvalue weighted by atomic mass is 9.97. The van der Waals surface area contributed by atoms with Gasteiger partial charge in [0.05, 0.1) is 17.1 Å². The van der Waals surface area contributed by atoms with Crippen LogP contribution in [0.15, 0.2) is 140 Å². The molecular formula is C42H28N3S+. The normalized spacial score (nSPS) is 18.4. The van der Waals surface area contributed by atoms with Gasteiger partial charge < -0.3 is 9.13 Å². The monoisotopic (exact) mass is 606 g/mol. The highest BCUT2D eigenvalue weighted by Crippen LogP contribution is 2.48. The van der Waals surface area contributed by atoms with Crippen LogP contribution >= 0.6 is 11.3 Å². The Kier molecular flexibility index (Phi) is 4.89. The third-order valence-electron chi connectivity index (χ3n) is 10.3. The number of hydrogen-bond donors (Lipinski definition) is 0. The summed E-state index contributed by atoms with van der Waals surface area (Å²) in [5.41, 5.74) is 10.4. The zero-order chi connectivity index (χ0) is 29.9. The lowest BCUT2D eigenvalue weighted by molar-refractivity contribution is 0.641. The van der Waals surface area contributed by atoms with Crippen molar-refractivity contribution in [2.24, 2.45) is 0 Å². The van der Waals surface area contributed by atoms with Gasteiger partial charge in [-0.2, -0.15) is 4.58 Å². The minimum absolute atomic E-state index is 0.102. The van der Waals surface area contributed by atoms with E-state index in [2.05, 4.69) is 159 Å². The minimum Gasteiger partial charge on any atom is -0.333 e. The summed E-state index contributed by atoms with van der Waals surface area (Å²) in [5.74, 6) is 0. The molecule has 5 aromatic carbocycles. The van der Waals surface area contributed by atoms with Crippen LogP contribution in [0.25, 0.3) is 59.8 Å². The molecule has 0 amide bonds.